The van der Waals surface area contributed by atoms with Gasteiger partial charge in [-0.1, -0.05) is 19.1 Å². The number of amides is 1. The van der Waals surface area contributed by atoms with Crippen LogP contribution in [0, 0.1) is 5.92 Å². The summed E-state index contributed by atoms with van der Waals surface area (Å²) in [5, 5.41) is 3.01. The van der Waals surface area contributed by atoms with Crippen molar-refractivity contribution < 1.29 is 22.4 Å². The summed E-state index contributed by atoms with van der Waals surface area (Å²) in [4.78, 5) is 13.4. The van der Waals surface area contributed by atoms with E-state index in [0.29, 0.717) is 23.3 Å². The van der Waals surface area contributed by atoms with Crippen LogP contribution in [0.5, 0.6) is 0 Å². The molecule has 4 nitrogen and oxygen atoms in total. The van der Waals surface area contributed by atoms with E-state index in [1.54, 1.807) is 30.3 Å². The molecular weight excluding hydrogens is 333 g/mol. The van der Waals surface area contributed by atoms with Crippen molar-refractivity contribution >= 4 is 11.6 Å². The summed E-state index contributed by atoms with van der Waals surface area (Å²) in [6.45, 7) is 0.759. The van der Waals surface area contributed by atoms with Crippen LogP contribution in [-0.2, 0) is 0 Å². The standard InChI is InChI=1S/C18H17F3N2O2/c1-10-8-12(10)14-6-7-15(25-14)16-22-13-5-3-2-4-11(13)17(24)23(16)9-18(19,20)21/h2-7,10,12,16,22H,8-9H2,1H3/t10-,12+,16-/m1/s1. The fraction of sp³-hybridized carbons (Fsp3) is 0.389. The molecule has 0 saturated heterocycles. The van der Waals surface area contributed by atoms with E-state index < -0.39 is 24.8 Å². The van der Waals surface area contributed by atoms with Crippen molar-refractivity contribution in [3.63, 3.8) is 0 Å². The number of anilines is 1. The topological polar surface area (TPSA) is 45.5 Å². The zero-order chi connectivity index (χ0) is 17.8. The summed E-state index contributed by atoms with van der Waals surface area (Å²) in [5.41, 5.74) is 0.735. The minimum atomic E-state index is -4.50. The zero-order valence-corrected chi connectivity index (χ0v) is 13.5. The van der Waals surface area contributed by atoms with Crippen molar-refractivity contribution in [2.24, 2.45) is 5.92 Å². The van der Waals surface area contributed by atoms with Crippen LogP contribution in [0.3, 0.4) is 0 Å². The Balaban J connectivity index is 1.70. The minimum Gasteiger partial charge on any atom is -0.462 e. The molecule has 0 radical (unpaired) electrons. The van der Waals surface area contributed by atoms with Gasteiger partial charge in [0, 0.05) is 11.6 Å². The molecule has 25 heavy (non-hydrogen) atoms. The van der Waals surface area contributed by atoms with Crippen molar-refractivity contribution in [2.45, 2.75) is 31.6 Å². The van der Waals surface area contributed by atoms with Gasteiger partial charge in [-0.05, 0) is 36.6 Å². The number of fused-ring (bicyclic) bond motifs is 1. The van der Waals surface area contributed by atoms with Crippen LogP contribution >= 0.6 is 0 Å². The van der Waals surface area contributed by atoms with E-state index in [9.17, 15) is 18.0 Å². The van der Waals surface area contributed by atoms with E-state index in [2.05, 4.69) is 12.2 Å². The second-order valence-corrected chi connectivity index (χ2v) is 6.70. The zero-order valence-electron chi connectivity index (χ0n) is 13.5. The van der Waals surface area contributed by atoms with E-state index in [1.165, 1.54) is 6.07 Å². The number of nitrogens with one attached hydrogen (secondary N) is 1. The Morgan fingerprint density at radius 3 is 2.56 bits per heavy atom. The lowest BCUT2D eigenvalue weighted by Crippen LogP contribution is -2.47. The molecule has 132 valence electrons. The van der Waals surface area contributed by atoms with Crippen LogP contribution in [0.15, 0.2) is 40.8 Å². The van der Waals surface area contributed by atoms with Crippen molar-refractivity contribution in [1.29, 1.82) is 0 Å². The van der Waals surface area contributed by atoms with Crippen molar-refractivity contribution in [3.05, 3.63) is 53.5 Å². The molecule has 0 bridgehead atoms. The van der Waals surface area contributed by atoms with Crippen LogP contribution in [0.4, 0.5) is 18.9 Å². The van der Waals surface area contributed by atoms with Crippen LogP contribution in [-0.4, -0.2) is 23.5 Å². The number of carbonyl (C=O) groups excluding carboxylic acids is 1. The van der Waals surface area contributed by atoms with Gasteiger partial charge >= 0.3 is 6.18 Å². The fourth-order valence-corrected chi connectivity index (χ4v) is 3.31. The van der Waals surface area contributed by atoms with Gasteiger partial charge in [-0.2, -0.15) is 13.2 Å². The molecule has 1 aliphatic heterocycles. The van der Waals surface area contributed by atoms with Gasteiger partial charge in [-0.3, -0.25) is 4.79 Å². The maximum Gasteiger partial charge on any atom is 0.406 e. The number of nitrogens with zero attached hydrogens (tertiary/aromatic N) is 1. The van der Waals surface area contributed by atoms with E-state index in [4.69, 9.17) is 4.42 Å². The summed E-state index contributed by atoms with van der Waals surface area (Å²) in [6, 6.07) is 10.0. The third kappa shape index (κ3) is 2.99. The van der Waals surface area contributed by atoms with Gasteiger partial charge in [0.2, 0.25) is 0 Å². The quantitative estimate of drug-likeness (QED) is 0.884. The van der Waals surface area contributed by atoms with E-state index in [0.717, 1.165) is 17.1 Å². The average molecular weight is 350 g/mol. The molecule has 1 aliphatic carbocycles. The highest BCUT2D eigenvalue weighted by molar-refractivity contribution is 6.01. The molecule has 1 fully saturated rings. The number of hydrogen-bond acceptors (Lipinski definition) is 3. The predicted molar refractivity (Wildman–Crippen MR) is 85.1 cm³/mol. The number of furan rings is 1. The maximum absolute atomic E-state index is 13.0. The van der Waals surface area contributed by atoms with Crippen molar-refractivity contribution in [1.82, 2.24) is 4.90 Å². The number of rotatable bonds is 3. The molecule has 2 aliphatic rings. The van der Waals surface area contributed by atoms with Gasteiger partial charge in [0.25, 0.3) is 5.91 Å². The molecule has 1 aromatic heterocycles. The van der Waals surface area contributed by atoms with Crippen molar-refractivity contribution in [2.75, 3.05) is 11.9 Å². The highest BCUT2D eigenvalue weighted by atomic mass is 19.4. The summed E-state index contributed by atoms with van der Waals surface area (Å²) in [6.07, 6.45) is -4.46. The lowest BCUT2D eigenvalue weighted by atomic mass is 10.1. The molecule has 1 amide bonds. The number of alkyl halides is 3. The van der Waals surface area contributed by atoms with Crippen molar-refractivity contribution in [3.8, 4) is 0 Å². The molecule has 7 heteroatoms. The maximum atomic E-state index is 13.0. The SMILES string of the molecule is C[C@@H]1C[C@@H]1c1ccc([C@@H]2Nc3ccccc3C(=O)N2CC(F)(F)F)o1. The first kappa shape index (κ1) is 16.1. The van der Waals surface area contributed by atoms with E-state index in [1.807, 2.05) is 0 Å². The number of halogens is 3. The van der Waals surface area contributed by atoms with Gasteiger partial charge in [0.15, 0.2) is 6.17 Å². The summed E-state index contributed by atoms with van der Waals surface area (Å²) in [7, 11) is 0. The monoisotopic (exact) mass is 350 g/mol. The highest BCUT2D eigenvalue weighted by Gasteiger charge is 2.43. The van der Waals surface area contributed by atoms with Gasteiger partial charge in [-0.15, -0.1) is 0 Å². The van der Waals surface area contributed by atoms with Gasteiger partial charge in [0.1, 0.15) is 18.1 Å². The number of hydrogen-bond donors (Lipinski definition) is 1. The predicted octanol–water partition coefficient (Wildman–Crippen LogP) is 4.53. The lowest BCUT2D eigenvalue weighted by molar-refractivity contribution is -0.144. The molecule has 4 rings (SSSR count). The highest BCUT2D eigenvalue weighted by Crippen LogP contribution is 2.48. The molecular formula is C18H17F3N2O2. The molecule has 2 heterocycles. The lowest BCUT2D eigenvalue weighted by Gasteiger charge is -2.37. The third-order valence-corrected chi connectivity index (χ3v) is 4.76. The largest absolute Gasteiger partial charge is 0.462 e. The summed E-state index contributed by atoms with van der Waals surface area (Å²) in [5.74, 6) is 1.27. The van der Waals surface area contributed by atoms with E-state index in [-0.39, 0.29) is 5.56 Å². The Morgan fingerprint density at radius 1 is 1.20 bits per heavy atom. The Morgan fingerprint density at radius 2 is 1.88 bits per heavy atom. The molecule has 1 aromatic carbocycles. The Hall–Kier alpha value is -2.44. The first-order valence-electron chi connectivity index (χ1n) is 8.16. The fourth-order valence-electron chi connectivity index (χ4n) is 3.31. The molecule has 2 aromatic rings. The Kier molecular flexibility index (Phi) is 3.56. The van der Waals surface area contributed by atoms with Gasteiger partial charge in [-0.25, -0.2) is 0 Å². The van der Waals surface area contributed by atoms with Crippen LogP contribution in [0.25, 0.3) is 0 Å². The number of benzene rings is 1. The molecule has 0 spiro atoms. The molecule has 3 atom stereocenters. The Bertz CT molecular complexity index is 815. The Labute approximate surface area is 142 Å². The van der Waals surface area contributed by atoms with Gasteiger partial charge < -0.3 is 14.6 Å². The first-order chi connectivity index (χ1) is 11.8. The molecule has 0 unspecified atom stereocenters. The summed E-state index contributed by atoms with van der Waals surface area (Å²) < 4.78 is 44.9. The van der Waals surface area contributed by atoms with E-state index >= 15 is 0 Å². The summed E-state index contributed by atoms with van der Waals surface area (Å²) >= 11 is 0. The number of carbonyl (C=O) groups is 1. The minimum absolute atomic E-state index is 0.227. The number of para-hydroxylation sites is 1. The third-order valence-electron chi connectivity index (χ3n) is 4.76. The average Bonchev–Trinajstić information content (AvgIpc) is 3.08. The van der Waals surface area contributed by atoms with Crippen LogP contribution in [0.1, 0.15) is 47.3 Å². The smallest absolute Gasteiger partial charge is 0.406 e. The van der Waals surface area contributed by atoms with Crippen LogP contribution < -0.4 is 5.32 Å². The molecule has 1 saturated carbocycles. The van der Waals surface area contributed by atoms with Gasteiger partial charge in [0.05, 0.1) is 5.56 Å². The first-order valence-corrected chi connectivity index (χ1v) is 8.16. The normalized spacial score (nSPS) is 25.5. The molecule has 1 N–H and O–H groups in total. The second-order valence-electron chi connectivity index (χ2n) is 6.70. The van der Waals surface area contributed by atoms with Crippen LogP contribution in [0.2, 0.25) is 0 Å². The second kappa shape index (κ2) is 5.54.